The number of hydrogen-bond acceptors (Lipinski definition) is 2. The van der Waals surface area contributed by atoms with Crippen LogP contribution in [0, 0.1) is 5.82 Å². The van der Waals surface area contributed by atoms with Crippen LogP contribution in [0.3, 0.4) is 0 Å². The molecular formula is C21H22FN3O2. The third-order valence-electron chi connectivity index (χ3n) is 5.05. The van der Waals surface area contributed by atoms with E-state index in [4.69, 9.17) is 0 Å². The van der Waals surface area contributed by atoms with Crippen LogP contribution in [0.4, 0.5) is 14.9 Å². The van der Waals surface area contributed by atoms with Crippen molar-refractivity contribution in [2.45, 2.75) is 37.8 Å². The highest BCUT2D eigenvalue weighted by molar-refractivity contribution is 5.90. The van der Waals surface area contributed by atoms with Crippen LogP contribution in [-0.4, -0.2) is 29.4 Å². The van der Waals surface area contributed by atoms with Crippen molar-refractivity contribution in [1.82, 2.24) is 10.2 Å². The summed E-state index contributed by atoms with van der Waals surface area (Å²) in [6, 6.07) is 13.8. The van der Waals surface area contributed by atoms with Crippen LogP contribution in [0.25, 0.3) is 0 Å². The van der Waals surface area contributed by atoms with Crippen molar-refractivity contribution in [3.8, 4) is 0 Å². The number of amides is 3. The first kappa shape index (κ1) is 17.5. The number of carbonyl (C=O) groups is 2. The van der Waals surface area contributed by atoms with Gasteiger partial charge in [-0.3, -0.25) is 4.79 Å². The van der Waals surface area contributed by atoms with Gasteiger partial charge in [-0.25, -0.2) is 9.18 Å². The molecule has 5 nitrogen and oxygen atoms in total. The van der Waals surface area contributed by atoms with Gasteiger partial charge in [0.15, 0.2) is 0 Å². The van der Waals surface area contributed by atoms with Gasteiger partial charge in [0.2, 0.25) is 5.91 Å². The molecule has 0 radical (unpaired) electrons. The Morgan fingerprint density at radius 2 is 1.70 bits per heavy atom. The molecule has 2 aliphatic rings. The van der Waals surface area contributed by atoms with Crippen LogP contribution in [0.2, 0.25) is 0 Å². The van der Waals surface area contributed by atoms with Crippen molar-refractivity contribution in [2.24, 2.45) is 0 Å². The predicted octanol–water partition coefficient (Wildman–Crippen LogP) is 3.63. The van der Waals surface area contributed by atoms with Gasteiger partial charge in [0.1, 0.15) is 5.82 Å². The molecule has 2 fully saturated rings. The lowest BCUT2D eigenvalue weighted by Gasteiger charge is -2.41. The molecule has 1 atom stereocenters. The number of rotatable bonds is 5. The van der Waals surface area contributed by atoms with Gasteiger partial charge < -0.3 is 15.5 Å². The van der Waals surface area contributed by atoms with Gasteiger partial charge in [0, 0.05) is 18.3 Å². The van der Waals surface area contributed by atoms with Crippen LogP contribution in [0.1, 0.15) is 36.4 Å². The van der Waals surface area contributed by atoms with Crippen molar-refractivity contribution in [2.75, 3.05) is 11.9 Å². The number of halogens is 1. The van der Waals surface area contributed by atoms with Crippen molar-refractivity contribution < 1.29 is 14.0 Å². The summed E-state index contributed by atoms with van der Waals surface area (Å²) in [6.07, 6.45) is 3.37. The third-order valence-corrected chi connectivity index (χ3v) is 5.05. The zero-order valence-electron chi connectivity index (χ0n) is 15.0. The second-order valence-electron chi connectivity index (χ2n) is 7.20. The first-order valence-corrected chi connectivity index (χ1v) is 9.30. The summed E-state index contributed by atoms with van der Waals surface area (Å²) in [7, 11) is 0. The van der Waals surface area contributed by atoms with Crippen LogP contribution < -0.4 is 10.6 Å². The lowest BCUT2D eigenvalue weighted by molar-refractivity contribution is -0.120. The molecule has 0 bridgehead atoms. The Morgan fingerprint density at radius 1 is 1.00 bits per heavy atom. The Labute approximate surface area is 157 Å². The number of benzene rings is 2. The minimum Gasteiger partial charge on any atom is -0.353 e. The molecule has 0 unspecified atom stereocenters. The van der Waals surface area contributed by atoms with Crippen LogP contribution in [0.5, 0.6) is 0 Å². The number of nitrogens with zero attached hydrogens (tertiary/aromatic N) is 1. The van der Waals surface area contributed by atoms with Gasteiger partial charge in [0.25, 0.3) is 0 Å². The number of urea groups is 1. The fourth-order valence-corrected chi connectivity index (χ4v) is 3.25. The summed E-state index contributed by atoms with van der Waals surface area (Å²) in [6.45, 7) is 0.674. The van der Waals surface area contributed by atoms with E-state index in [2.05, 4.69) is 10.6 Å². The molecule has 1 saturated carbocycles. The number of anilines is 1. The molecule has 0 spiro atoms. The topological polar surface area (TPSA) is 61.4 Å². The molecule has 4 rings (SSSR count). The van der Waals surface area contributed by atoms with Crippen LogP contribution in [0.15, 0.2) is 48.5 Å². The van der Waals surface area contributed by atoms with E-state index < -0.39 is 0 Å². The first-order chi connectivity index (χ1) is 13.1. The molecule has 2 aromatic rings. The highest BCUT2D eigenvalue weighted by atomic mass is 19.1. The Hall–Kier alpha value is -2.89. The van der Waals surface area contributed by atoms with E-state index in [-0.39, 0.29) is 23.8 Å². The molecule has 1 saturated heterocycles. The lowest BCUT2D eigenvalue weighted by Crippen LogP contribution is -2.47. The second kappa shape index (κ2) is 7.39. The number of carbonyl (C=O) groups excluding carboxylic acids is 2. The highest BCUT2D eigenvalue weighted by Gasteiger charge is 2.33. The maximum Gasteiger partial charge on any atom is 0.322 e. The standard InChI is InChI=1S/C21H22FN3O2/c22-16-5-3-15(4-6-16)19-11-12-25(19)21(27)24-18-7-1-14(2-8-18)13-20(26)23-17-9-10-17/h1-8,17,19H,9-13H2,(H,23,26)(H,24,27)/t19-/m0/s1. The normalized spacial score (nSPS) is 18.6. The molecule has 6 heteroatoms. The maximum absolute atomic E-state index is 13.1. The Morgan fingerprint density at radius 3 is 2.30 bits per heavy atom. The summed E-state index contributed by atoms with van der Waals surface area (Å²) < 4.78 is 13.1. The van der Waals surface area contributed by atoms with E-state index in [1.54, 1.807) is 17.0 Å². The van der Waals surface area contributed by atoms with Gasteiger partial charge in [-0.2, -0.15) is 0 Å². The van der Waals surface area contributed by atoms with Crippen molar-refractivity contribution in [1.29, 1.82) is 0 Å². The van der Waals surface area contributed by atoms with Crippen LogP contribution >= 0.6 is 0 Å². The molecule has 27 heavy (non-hydrogen) atoms. The molecule has 0 aromatic heterocycles. The minimum atomic E-state index is -0.278. The fourth-order valence-electron chi connectivity index (χ4n) is 3.25. The van der Waals surface area contributed by atoms with E-state index in [0.29, 0.717) is 24.7 Å². The second-order valence-corrected chi connectivity index (χ2v) is 7.20. The molecular weight excluding hydrogens is 345 g/mol. The molecule has 2 N–H and O–H groups in total. The SMILES string of the molecule is O=C(Cc1ccc(NC(=O)N2CC[C@H]2c2ccc(F)cc2)cc1)NC1CC1. The molecule has 2 aromatic carbocycles. The van der Waals surface area contributed by atoms with Gasteiger partial charge in [0.05, 0.1) is 12.5 Å². The zero-order valence-corrected chi connectivity index (χ0v) is 15.0. The molecule has 1 aliphatic carbocycles. The van der Waals surface area contributed by atoms with E-state index >= 15 is 0 Å². The highest BCUT2D eigenvalue weighted by Crippen LogP contribution is 2.33. The Balaban J connectivity index is 1.32. The quantitative estimate of drug-likeness (QED) is 0.848. The number of likely N-dealkylation sites (tertiary alicyclic amines) is 1. The zero-order chi connectivity index (χ0) is 18.8. The van der Waals surface area contributed by atoms with E-state index in [1.165, 1.54) is 12.1 Å². The first-order valence-electron chi connectivity index (χ1n) is 9.30. The smallest absolute Gasteiger partial charge is 0.322 e. The largest absolute Gasteiger partial charge is 0.353 e. The molecule has 140 valence electrons. The summed E-state index contributed by atoms with van der Waals surface area (Å²) in [4.78, 5) is 26.1. The minimum absolute atomic E-state index is 0.0176. The van der Waals surface area contributed by atoms with Gasteiger partial charge in [-0.05, 0) is 54.7 Å². The van der Waals surface area contributed by atoms with Gasteiger partial charge in [-0.15, -0.1) is 0 Å². The Kier molecular flexibility index (Phi) is 4.79. The lowest BCUT2D eigenvalue weighted by atomic mass is 9.95. The molecule has 3 amide bonds. The van der Waals surface area contributed by atoms with Crippen molar-refractivity contribution >= 4 is 17.6 Å². The van der Waals surface area contributed by atoms with E-state index in [0.717, 1.165) is 30.4 Å². The van der Waals surface area contributed by atoms with E-state index in [9.17, 15) is 14.0 Å². The molecule has 1 aliphatic heterocycles. The monoisotopic (exact) mass is 367 g/mol. The summed E-state index contributed by atoms with van der Waals surface area (Å²) >= 11 is 0. The summed E-state index contributed by atoms with van der Waals surface area (Å²) in [5.74, 6) is -0.239. The fraction of sp³-hybridized carbons (Fsp3) is 0.333. The predicted molar refractivity (Wildman–Crippen MR) is 101 cm³/mol. The van der Waals surface area contributed by atoms with Crippen molar-refractivity contribution in [3.63, 3.8) is 0 Å². The molecule has 1 heterocycles. The average Bonchev–Trinajstić information content (AvgIpc) is 3.41. The van der Waals surface area contributed by atoms with E-state index in [1.807, 2.05) is 24.3 Å². The number of hydrogen-bond donors (Lipinski definition) is 2. The maximum atomic E-state index is 13.1. The van der Waals surface area contributed by atoms with Gasteiger partial charge in [-0.1, -0.05) is 24.3 Å². The average molecular weight is 367 g/mol. The van der Waals surface area contributed by atoms with Crippen LogP contribution in [-0.2, 0) is 11.2 Å². The third kappa shape index (κ3) is 4.27. The number of nitrogens with one attached hydrogen (secondary N) is 2. The summed E-state index contributed by atoms with van der Waals surface area (Å²) in [5, 5.41) is 5.85. The van der Waals surface area contributed by atoms with Crippen molar-refractivity contribution in [3.05, 3.63) is 65.5 Å². The summed E-state index contributed by atoms with van der Waals surface area (Å²) in [5.41, 5.74) is 2.55. The van der Waals surface area contributed by atoms with Gasteiger partial charge >= 0.3 is 6.03 Å². The Bertz CT molecular complexity index is 832.